The molecule has 130 valence electrons. The first kappa shape index (κ1) is 19.6. The van der Waals surface area contributed by atoms with Gasteiger partial charge in [0.25, 0.3) is 0 Å². The van der Waals surface area contributed by atoms with Crippen molar-refractivity contribution in [1.82, 2.24) is 4.98 Å². The second kappa shape index (κ2) is 7.82. The maximum Gasteiger partial charge on any atom is 0.0999 e. The first-order valence-electron chi connectivity index (χ1n) is 7.01. The molecule has 2 nitrogen and oxygen atoms in total. The van der Waals surface area contributed by atoms with Gasteiger partial charge in [0.2, 0.25) is 0 Å². The fourth-order valence-electron chi connectivity index (χ4n) is 2.47. The Hall–Kier alpha value is -1.18. The highest BCUT2D eigenvalue weighted by Gasteiger charge is 2.18. The highest BCUT2D eigenvalue weighted by molar-refractivity contribution is 6.42. The smallest absolute Gasteiger partial charge is 0.0999 e. The standard InChI is InChI=1S/C18H6Cl6N2/c19-9-2-12(21)17(13(22)3-9)11-7-26-16(1-8(11)6-25)18-14(23)4-10(20)5-15(18)24/h1-5,7H. The maximum absolute atomic E-state index is 9.59. The van der Waals surface area contributed by atoms with E-state index in [1.54, 1.807) is 30.3 Å². The van der Waals surface area contributed by atoms with Crippen LogP contribution in [0.5, 0.6) is 0 Å². The predicted molar refractivity (Wildman–Crippen MR) is 110 cm³/mol. The molecule has 0 bridgehead atoms. The van der Waals surface area contributed by atoms with Crippen molar-refractivity contribution < 1.29 is 0 Å². The first-order chi connectivity index (χ1) is 12.3. The topological polar surface area (TPSA) is 36.7 Å². The second-order valence-electron chi connectivity index (χ2n) is 5.22. The molecule has 0 aliphatic heterocycles. The highest BCUT2D eigenvalue weighted by atomic mass is 35.5. The Labute approximate surface area is 179 Å². The fourth-order valence-corrected chi connectivity index (χ4v) is 4.50. The minimum atomic E-state index is 0.309. The summed E-state index contributed by atoms with van der Waals surface area (Å²) in [5.74, 6) is 0. The van der Waals surface area contributed by atoms with E-state index in [4.69, 9.17) is 69.6 Å². The summed E-state index contributed by atoms with van der Waals surface area (Å²) >= 11 is 36.9. The van der Waals surface area contributed by atoms with Crippen LogP contribution < -0.4 is 0 Å². The van der Waals surface area contributed by atoms with Gasteiger partial charge in [0.05, 0.1) is 37.4 Å². The van der Waals surface area contributed by atoms with Crippen molar-refractivity contribution in [3.05, 3.63) is 72.2 Å². The summed E-state index contributed by atoms with van der Waals surface area (Å²) in [6, 6.07) is 9.89. The normalized spacial score (nSPS) is 10.7. The summed E-state index contributed by atoms with van der Waals surface area (Å²) in [4.78, 5) is 4.38. The van der Waals surface area contributed by atoms with Crippen LogP contribution in [0.1, 0.15) is 5.56 Å². The van der Waals surface area contributed by atoms with E-state index < -0.39 is 0 Å². The molecule has 26 heavy (non-hydrogen) atoms. The van der Waals surface area contributed by atoms with E-state index in [1.165, 1.54) is 6.20 Å². The molecule has 8 heteroatoms. The Balaban J connectivity index is 2.22. The average Bonchev–Trinajstić information content (AvgIpc) is 2.53. The third kappa shape index (κ3) is 3.75. The van der Waals surface area contributed by atoms with Crippen molar-refractivity contribution in [3.63, 3.8) is 0 Å². The third-order valence-electron chi connectivity index (χ3n) is 3.56. The molecule has 0 atom stereocenters. The number of pyridine rings is 1. The van der Waals surface area contributed by atoms with Crippen molar-refractivity contribution in [2.24, 2.45) is 0 Å². The minimum Gasteiger partial charge on any atom is -0.255 e. The van der Waals surface area contributed by atoms with Crippen molar-refractivity contribution in [2.75, 3.05) is 0 Å². The van der Waals surface area contributed by atoms with E-state index in [0.29, 0.717) is 58.1 Å². The Morgan fingerprint density at radius 1 is 0.692 bits per heavy atom. The molecular formula is C18H6Cl6N2. The molecule has 0 amide bonds. The molecule has 2 aromatic carbocycles. The summed E-state index contributed by atoms with van der Waals surface area (Å²) in [5.41, 5.74) is 2.17. The molecule has 0 unspecified atom stereocenters. The lowest BCUT2D eigenvalue weighted by Crippen LogP contribution is -1.93. The van der Waals surface area contributed by atoms with Crippen molar-refractivity contribution in [2.45, 2.75) is 0 Å². The quantitative estimate of drug-likeness (QED) is 0.384. The Morgan fingerprint density at radius 2 is 1.15 bits per heavy atom. The van der Waals surface area contributed by atoms with Gasteiger partial charge in [-0.2, -0.15) is 5.26 Å². The predicted octanol–water partition coefficient (Wildman–Crippen LogP) is 8.21. The molecule has 0 aliphatic carbocycles. The molecule has 3 aromatic rings. The van der Waals surface area contributed by atoms with Crippen LogP contribution in [0.25, 0.3) is 22.4 Å². The molecule has 0 radical (unpaired) electrons. The Bertz CT molecular complexity index is 1030. The van der Waals surface area contributed by atoms with Crippen LogP contribution in [0.15, 0.2) is 36.5 Å². The van der Waals surface area contributed by atoms with Gasteiger partial charge in [-0.05, 0) is 30.3 Å². The van der Waals surface area contributed by atoms with Gasteiger partial charge in [-0.3, -0.25) is 4.98 Å². The van der Waals surface area contributed by atoms with E-state index in [-0.39, 0.29) is 0 Å². The average molecular weight is 463 g/mol. The third-order valence-corrected chi connectivity index (χ3v) is 5.19. The molecule has 0 spiro atoms. The van der Waals surface area contributed by atoms with Crippen molar-refractivity contribution >= 4 is 69.6 Å². The fraction of sp³-hybridized carbons (Fsp3) is 0. The zero-order valence-corrected chi connectivity index (χ0v) is 17.2. The zero-order valence-electron chi connectivity index (χ0n) is 12.6. The van der Waals surface area contributed by atoms with Crippen LogP contribution in [-0.4, -0.2) is 4.98 Å². The molecule has 0 fully saturated rings. The number of nitriles is 1. The summed E-state index contributed by atoms with van der Waals surface area (Å²) in [6.45, 7) is 0. The van der Waals surface area contributed by atoms with Gasteiger partial charge in [-0.1, -0.05) is 69.6 Å². The Kier molecular flexibility index (Phi) is 5.89. The number of halogens is 6. The zero-order chi connectivity index (χ0) is 19.0. The minimum absolute atomic E-state index is 0.309. The number of benzene rings is 2. The number of nitrogens with zero attached hydrogens (tertiary/aromatic N) is 2. The number of hydrogen-bond donors (Lipinski definition) is 0. The molecule has 0 N–H and O–H groups in total. The van der Waals surface area contributed by atoms with Crippen molar-refractivity contribution in [3.8, 4) is 28.5 Å². The van der Waals surface area contributed by atoms with Crippen molar-refractivity contribution in [1.29, 1.82) is 5.26 Å². The molecule has 0 aliphatic rings. The maximum atomic E-state index is 9.59. The van der Waals surface area contributed by atoms with E-state index in [1.807, 2.05) is 0 Å². The molecular weight excluding hydrogens is 457 g/mol. The lowest BCUT2D eigenvalue weighted by atomic mass is 10.00. The SMILES string of the molecule is N#Cc1cc(-c2c(Cl)cc(Cl)cc2Cl)ncc1-c1c(Cl)cc(Cl)cc1Cl. The van der Waals surface area contributed by atoms with Gasteiger partial charge in [-0.25, -0.2) is 0 Å². The highest BCUT2D eigenvalue weighted by Crippen LogP contribution is 2.41. The Morgan fingerprint density at radius 3 is 1.62 bits per heavy atom. The summed E-state index contributed by atoms with van der Waals surface area (Å²) in [7, 11) is 0. The summed E-state index contributed by atoms with van der Waals surface area (Å²) in [6.07, 6.45) is 1.50. The van der Waals surface area contributed by atoms with Gasteiger partial charge in [0.1, 0.15) is 0 Å². The van der Waals surface area contributed by atoms with Crippen LogP contribution in [0.4, 0.5) is 0 Å². The van der Waals surface area contributed by atoms with E-state index >= 15 is 0 Å². The van der Waals surface area contributed by atoms with Crippen LogP contribution in [0.2, 0.25) is 30.1 Å². The van der Waals surface area contributed by atoms with E-state index in [2.05, 4.69) is 11.1 Å². The van der Waals surface area contributed by atoms with E-state index in [9.17, 15) is 5.26 Å². The first-order valence-corrected chi connectivity index (χ1v) is 9.28. The molecule has 0 saturated heterocycles. The van der Waals surface area contributed by atoms with Gasteiger partial charge in [0, 0.05) is 32.9 Å². The van der Waals surface area contributed by atoms with Crippen LogP contribution in [0.3, 0.4) is 0 Å². The van der Waals surface area contributed by atoms with Crippen LogP contribution in [0, 0.1) is 11.3 Å². The number of hydrogen-bond acceptors (Lipinski definition) is 2. The number of rotatable bonds is 2. The largest absolute Gasteiger partial charge is 0.255 e. The summed E-state index contributed by atoms with van der Waals surface area (Å²) in [5, 5.41) is 11.7. The summed E-state index contributed by atoms with van der Waals surface area (Å²) < 4.78 is 0. The molecule has 1 aromatic heterocycles. The lowest BCUT2D eigenvalue weighted by molar-refractivity contribution is 1.31. The van der Waals surface area contributed by atoms with Gasteiger partial charge in [0.15, 0.2) is 0 Å². The monoisotopic (exact) mass is 460 g/mol. The van der Waals surface area contributed by atoms with Crippen LogP contribution >= 0.6 is 69.6 Å². The molecule has 1 heterocycles. The van der Waals surface area contributed by atoms with Gasteiger partial charge in [-0.15, -0.1) is 0 Å². The number of aromatic nitrogens is 1. The second-order valence-corrected chi connectivity index (χ2v) is 7.72. The van der Waals surface area contributed by atoms with Crippen LogP contribution in [-0.2, 0) is 0 Å². The molecule has 3 rings (SSSR count). The lowest BCUT2D eigenvalue weighted by Gasteiger charge is -2.12. The molecule has 0 saturated carbocycles. The van der Waals surface area contributed by atoms with Gasteiger partial charge < -0.3 is 0 Å². The van der Waals surface area contributed by atoms with E-state index in [0.717, 1.165) is 0 Å². The van der Waals surface area contributed by atoms with Gasteiger partial charge >= 0.3 is 0 Å².